The second-order valence-electron chi connectivity index (χ2n) is 3.80. The molecule has 90 valence electrons. The summed E-state index contributed by atoms with van der Waals surface area (Å²) in [5, 5.41) is 0.427. The van der Waals surface area contributed by atoms with Crippen molar-refractivity contribution >= 4 is 29.0 Å². The zero-order valence-corrected chi connectivity index (χ0v) is 10.2. The predicted molar refractivity (Wildman–Crippen MR) is 64.6 cm³/mol. The second-order valence-corrected chi connectivity index (χ2v) is 4.21. The lowest BCUT2D eigenvalue weighted by atomic mass is 10.1. The lowest BCUT2D eigenvalue weighted by Crippen LogP contribution is -2.41. The average Bonchev–Trinajstić information content (AvgIpc) is 2.32. The number of hydrogen-bond acceptors (Lipinski definition) is 3. The van der Waals surface area contributed by atoms with E-state index < -0.39 is 5.91 Å². The molecule has 0 N–H and O–H groups in total. The monoisotopic (exact) mass is 253 g/mol. The first-order valence-corrected chi connectivity index (χ1v) is 5.69. The zero-order chi connectivity index (χ0) is 12.4. The number of benzene rings is 1. The Morgan fingerprint density at radius 1 is 1.35 bits per heavy atom. The number of ketones is 1. The number of halogens is 1. The van der Waals surface area contributed by atoms with E-state index in [4.69, 9.17) is 16.3 Å². The van der Waals surface area contributed by atoms with Crippen molar-refractivity contribution in [3.63, 3.8) is 0 Å². The summed E-state index contributed by atoms with van der Waals surface area (Å²) in [4.78, 5) is 24.5. The molecule has 1 fully saturated rings. The summed E-state index contributed by atoms with van der Waals surface area (Å²) in [5.74, 6) is -0.258. The summed E-state index contributed by atoms with van der Waals surface area (Å²) in [6.45, 7) is 0.549. The number of nitrogens with zero attached hydrogens (tertiary/aromatic N) is 1. The third kappa shape index (κ3) is 2.26. The average molecular weight is 254 g/mol. The smallest absolute Gasteiger partial charge is 0.294 e. The number of piperidine rings is 1. The summed E-state index contributed by atoms with van der Waals surface area (Å²) < 4.78 is 5.03. The minimum atomic E-state index is -0.461. The van der Waals surface area contributed by atoms with Gasteiger partial charge in [0, 0.05) is 18.7 Å². The minimum Gasteiger partial charge on any atom is -0.495 e. The van der Waals surface area contributed by atoms with Gasteiger partial charge in [-0.25, -0.2) is 0 Å². The van der Waals surface area contributed by atoms with Crippen LogP contribution in [0.3, 0.4) is 0 Å². The van der Waals surface area contributed by atoms with Gasteiger partial charge in [0.2, 0.25) is 5.78 Å². The summed E-state index contributed by atoms with van der Waals surface area (Å²) in [6, 6.07) is 5.04. The fraction of sp³-hybridized carbons (Fsp3) is 0.333. The maximum absolute atomic E-state index is 11.7. The Hall–Kier alpha value is -1.55. The Morgan fingerprint density at radius 2 is 2.12 bits per heavy atom. The standard InChI is InChI=1S/C12H12ClNO3/c1-17-11-5-4-8(7-9(11)13)14-6-2-3-10(15)12(14)16/h4-5,7H,2-3,6H2,1H3. The van der Waals surface area contributed by atoms with Gasteiger partial charge in [-0.1, -0.05) is 11.6 Å². The molecule has 4 nitrogen and oxygen atoms in total. The Bertz CT molecular complexity index is 473. The molecule has 1 aromatic carbocycles. The van der Waals surface area contributed by atoms with Crippen molar-refractivity contribution in [2.45, 2.75) is 12.8 Å². The molecule has 0 radical (unpaired) electrons. The molecule has 5 heteroatoms. The van der Waals surface area contributed by atoms with Crippen LogP contribution in [0.25, 0.3) is 0 Å². The summed E-state index contributed by atoms with van der Waals surface area (Å²) in [7, 11) is 1.52. The maximum atomic E-state index is 11.7. The van der Waals surface area contributed by atoms with Crippen molar-refractivity contribution < 1.29 is 14.3 Å². The van der Waals surface area contributed by atoms with Crippen LogP contribution in [-0.2, 0) is 9.59 Å². The van der Waals surface area contributed by atoms with Gasteiger partial charge < -0.3 is 9.64 Å². The maximum Gasteiger partial charge on any atom is 0.294 e. The molecule has 1 aliphatic heterocycles. The van der Waals surface area contributed by atoms with Crippen molar-refractivity contribution in [2.75, 3.05) is 18.6 Å². The molecule has 0 aliphatic carbocycles. The molecule has 1 amide bonds. The molecule has 2 rings (SSSR count). The molecular formula is C12H12ClNO3. The van der Waals surface area contributed by atoms with Gasteiger partial charge in [-0.3, -0.25) is 9.59 Å². The first-order chi connectivity index (χ1) is 8.13. The highest BCUT2D eigenvalue weighted by molar-refractivity contribution is 6.42. The van der Waals surface area contributed by atoms with Crippen LogP contribution >= 0.6 is 11.6 Å². The van der Waals surface area contributed by atoms with Gasteiger partial charge in [0.15, 0.2) is 0 Å². The van der Waals surface area contributed by atoms with Crippen LogP contribution in [0.15, 0.2) is 18.2 Å². The lowest BCUT2D eigenvalue weighted by Gasteiger charge is -2.26. The largest absolute Gasteiger partial charge is 0.495 e. The summed E-state index contributed by atoms with van der Waals surface area (Å²) in [6.07, 6.45) is 1.02. The number of rotatable bonds is 2. The molecule has 0 bridgehead atoms. The summed E-state index contributed by atoms with van der Waals surface area (Å²) in [5.41, 5.74) is 0.633. The van der Waals surface area contributed by atoms with Gasteiger partial charge >= 0.3 is 0 Å². The van der Waals surface area contributed by atoms with Gasteiger partial charge in [0.05, 0.1) is 12.1 Å². The fourth-order valence-corrected chi connectivity index (χ4v) is 2.08. The van der Waals surface area contributed by atoms with Crippen molar-refractivity contribution in [1.82, 2.24) is 0 Å². The van der Waals surface area contributed by atoms with Gasteiger partial charge in [0.1, 0.15) is 5.75 Å². The van der Waals surface area contributed by atoms with E-state index in [9.17, 15) is 9.59 Å². The molecule has 1 heterocycles. The van der Waals surface area contributed by atoms with E-state index in [0.717, 1.165) is 0 Å². The number of carbonyl (C=O) groups excluding carboxylic acids is 2. The molecule has 0 unspecified atom stereocenters. The van der Waals surface area contributed by atoms with E-state index >= 15 is 0 Å². The van der Waals surface area contributed by atoms with Crippen LogP contribution in [0.4, 0.5) is 5.69 Å². The molecular weight excluding hydrogens is 242 g/mol. The van der Waals surface area contributed by atoms with Crippen molar-refractivity contribution in [3.05, 3.63) is 23.2 Å². The van der Waals surface area contributed by atoms with Gasteiger partial charge in [-0.05, 0) is 24.6 Å². The summed E-state index contributed by atoms with van der Waals surface area (Å²) >= 11 is 5.98. The van der Waals surface area contributed by atoms with E-state index in [1.54, 1.807) is 18.2 Å². The molecule has 0 spiro atoms. The molecule has 17 heavy (non-hydrogen) atoms. The van der Waals surface area contributed by atoms with Crippen molar-refractivity contribution in [3.8, 4) is 5.75 Å². The van der Waals surface area contributed by atoms with Crippen molar-refractivity contribution in [2.24, 2.45) is 0 Å². The van der Waals surface area contributed by atoms with E-state index in [-0.39, 0.29) is 5.78 Å². The normalized spacial score (nSPS) is 16.2. The van der Waals surface area contributed by atoms with Gasteiger partial charge in [-0.15, -0.1) is 0 Å². The fourth-order valence-electron chi connectivity index (χ4n) is 1.83. The number of ether oxygens (including phenoxy) is 1. The second kappa shape index (κ2) is 4.75. The lowest BCUT2D eigenvalue weighted by molar-refractivity contribution is -0.137. The Labute approximate surface area is 104 Å². The number of hydrogen-bond donors (Lipinski definition) is 0. The number of Topliss-reactive ketones (excluding diaryl/α,β-unsaturated/α-hetero) is 1. The third-order valence-corrected chi connectivity index (χ3v) is 3.01. The Morgan fingerprint density at radius 3 is 2.76 bits per heavy atom. The number of carbonyl (C=O) groups is 2. The predicted octanol–water partition coefficient (Wildman–Crippen LogP) is 2.04. The highest BCUT2D eigenvalue weighted by atomic mass is 35.5. The topological polar surface area (TPSA) is 46.6 Å². The first kappa shape index (κ1) is 11.9. The highest BCUT2D eigenvalue weighted by Gasteiger charge is 2.27. The van der Waals surface area contributed by atoms with Crippen LogP contribution < -0.4 is 9.64 Å². The van der Waals surface area contributed by atoms with Crippen LogP contribution in [0.2, 0.25) is 5.02 Å². The molecule has 1 saturated heterocycles. The van der Waals surface area contributed by atoms with Crippen LogP contribution in [0.5, 0.6) is 5.75 Å². The molecule has 0 aromatic heterocycles. The van der Waals surface area contributed by atoms with E-state index in [1.165, 1.54) is 12.0 Å². The molecule has 1 aromatic rings. The number of methoxy groups -OCH3 is 1. The minimum absolute atomic E-state index is 0.333. The van der Waals surface area contributed by atoms with E-state index in [2.05, 4.69) is 0 Å². The zero-order valence-electron chi connectivity index (χ0n) is 9.40. The third-order valence-electron chi connectivity index (χ3n) is 2.72. The van der Waals surface area contributed by atoms with Gasteiger partial charge in [-0.2, -0.15) is 0 Å². The molecule has 1 aliphatic rings. The SMILES string of the molecule is COc1ccc(N2CCCC(=O)C2=O)cc1Cl. The number of amides is 1. The van der Waals surface area contributed by atoms with Crippen LogP contribution in [-0.4, -0.2) is 25.3 Å². The van der Waals surface area contributed by atoms with E-state index in [1.807, 2.05) is 0 Å². The van der Waals surface area contributed by atoms with Crippen molar-refractivity contribution in [1.29, 1.82) is 0 Å². The highest BCUT2D eigenvalue weighted by Crippen LogP contribution is 2.30. The van der Waals surface area contributed by atoms with Gasteiger partial charge in [0.25, 0.3) is 5.91 Å². The molecule has 0 atom stereocenters. The number of anilines is 1. The Kier molecular flexibility index (Phi) is 3.33. The molecule has 0 saturated carbocycles. The quantitative estimate of drug-likeness (QED) is 0.758. The van der Waals surface area contributed by atoms with E-state index in [0.29, 0.717) is 35.8 Å². The first-order valence-electron chi connectivity index (χ1n) is 5.31. The van der Waals surface area contributed by atoms with Crippen LogP contribution in [0, 0.1) is 0 Å². The van der Waals surface area contributed by atoms with Crippen LogP contribution in [0.1, 0.15) is 12.8 Å². The Balaban J connectivity index is 2.30.